The molecule has 142 valence electrons. The van der Waals surface area contributed by atoms with Crippen LogP contribution in [0.2, 0.25) is 0 Å². The SMILES string of the molecule is CN1C(=O)C(C)(C)C(C)(c2cc(NCC3(C)COC3)ccc2F)N=C1N. The van der Waals surface area contributed by atoms with Crippen molar-refractivity contribution in [2.45, 2.75) is 33.2 Å². The summed E-state index contributed by atoms with van der Waals surface area (Å²) in [5.41, 5.74) is 5.11. The van der Waals surface area contributed by atoms with Gasteiger partial charge in [-0.1, -0.05) is 6.92 Å². The van der Waals surface area contributed by atoms with E-state index >= 15 is 0 Å². The van der Waals surface area contributed by atoms with Crippen LogP contribution in [0, 0.1) is 16.6 Å². The smallest absolute Gasteiger partial charge is 0.237 e. The van der Waals surface area contributed by atoms with Crippen LogP contribution in [0.4, 0.5) is 10.1 Å². The monoisotopic (exact) mass is 362 g/mol. The number of benzene rings is 1. The van der Waals surface area contributed by atoms with E-state index in [2.05, 4.69) is 17.2 Å². The van der Waals surface area contributed by atoms with E-state index in [1.807, 2.05) is 0 Å². The average molecular weight is 362 g/mol. The zero-order chi connectivity index (χ0) is 19.3. The van der Waals surface area contributed by atoms with Crippen LogP contribution >= 0.6 is 0 Å². The first-order valence-electron chi connectivity index (χ1n) is 8.75. The van der Waals surface area contributed by atoms with Crippen molar-refractivity contribution in [2.75, 3.05) is 32.1 Å². The Labute approximate surface area is 153 Å². The van der Waals surface area contributed by atoms with E-state index in [0.29, 0.717) is 18.8 Å². The van der Waals surface area contributed by atoms with Gasteiger partial charge in [0.15, 0.2) is 5.96 Å². The van der Waals surface area contributed by atoms with Gasteiger partial charge >= 0.3 is 0 Å². The highest BCUT2D eigenvalue weighted by Crippen LogP contribution is 2.47. The summed E-state index contributed by atoms with van der Waals surface area (Å²) < 4.78 is 20.0. The van der Waals surface area contributed by atoms with Crippen molar-refractivity contribution >= 4 is 17.6 Å². The molecule has 0 radical (unpaired) electrons. The molecule has 1 amide bonds. The van der Waals surface area contributed by atoms with E-state index in [9.17, 15) is 9.18 Å². The molecule has 3 rings (SSSR count). The van der Waals surface area contributed by atoms with Crippen molar-refractivity contribution in [3.8, 4) is 0 Å². The van der Waals surface area contributed by atoms with Gasteiger partial charge < -0.3 is 15.8 Å². The highest BCUT2D eigenvalue weighted by molar-refractivity contribution is 6.01. The molecule has 1 fully saturated rings. The quantitative estimate of drug-likeness (QED) is 0.861. The number of amides is 1. The van der Waals surface area contributed by atoms with Gasteiger partial charge in [-0.3, -0.25) is 9.69 Å². The first-order chi connectivity index (χ1) is 12.0. The molecule has 0 saturated carbocycles. The van der Waals surface area contributed by atoms with E-state index in [1.54, 1.807) is 40.0 Å². The van der Waals surface area contributed by atoms with Gasteiger partial charge in [0.25, 0.3) is 0 Å². The van der Waals surface area contributed by atoms with Crippen molar-refractivity contribution in [3.05, 3.63) is 29.6 Å². The summed E-state index contributed by atoms with van der Waals surface area (Å²) in [5.74, 6) is -0.503. The molecule has 1 aromatic carbocycles. The van der Waals surface area contributed by atoms with Crippen molar-refractivity contribution in [2.24, 2.45) is 21.6 Å². The molecular formula is C19H27FN4O2. The molecule has 2 aliphatic rings. The zero-order valence-corrected chi connectivity index (χ0v) is 16.0. The Morgan fingerprint density at radius 2 is 1.96 bits per heavy atom. The number of nitrogens with zero attached hydrogens (tertiary/aromatic N) is 2. The number of nitrogens with one attached hydrogen (secondary N) is 1. The minimum Gasteiger partial charge on any atom is -0.384 e. The van der Waals surface area contributed by atoms with E-state index in [0.717, 1.165) is 12.2 Å². The molecule has 0 aromatic heterocycles. The molecule has 6 nitrogen and oxygen atoms in total. The number of ether oxygens (including phenoxy) is 1. The number of aliphatic imine (C=N–C) groups is 1. The molecule has 1 atom stereocenters. The third-order valence-corrected chi connectivity index (χ3v) is 5.85. The lowest BCUT2D eigenvalue weighted by atomic mass is 9.67. The molecule has 3 N–H and O–H groups in total. The first kappa shape index (κ1) is 18.6. The highest BCUT2D eigenvalue weighted by atomic mass is 19.1. The van der Waals surface area contributed by atoms with Gasteiger partial charge in [-0.25, -0.2) is 9.38 Å². The van der Waals surface area contributed by atoms with Crippen molar-refractivity contribution in [1.29, 1.82) is 0 Å². The Morgan fingerprint density at radius 3 is 2.54 bits per heavy atom. The molecule has 2 aliphatic heterocycles. The molecule has 1 unspecified atom stereocenters. The van der Waals surface area contributed by atoms with Crippen LogP contribution in [0.3, 0.4) is 0 Å². The minimum atomic E-state index is -1.11. The normalized spacial score (nSPS) is 26.9. The minimum absolute atomic E-state index is 0.0871. The van der Waals surface area contributed by atoms with Gasteiger partial charge in [0.05, 0.1) is 18.6 Å². The predicted octanol–water partition coefficient (Wildman–Crippen LogP) is 2.30. The Balaban J connectivity index is 1.99. The van der Waals surface area contributed by atoms with Crippen LogP contribution in [-0.2, 0) is 15.1 Å². The van der Waals surface area contributed by atoms with Crippen molar-refractivity contribution in [1.82, 2.24) is 4.90 Å². The lowest BCUT2D eigenvalue weighted by molar-refractivity contribution is -0.140. The number of rotatable bonds is 4. The second-order valence-electron chi connectivity index (χ2n) is 8.38. The fourth-order valence-electron chi connectivity index (χ4n) is 3.45. The molecular weight excluding hydrogens is 335 g/mol. The van der Waals surface area contributed by atoms with Crippen molar-refractivity contribution < 1.29 is 13.9 Å². The Hall–Kier alpha value is -2.15. The van der Waals surface area contributed by atoms with Gasteiger partial charge in [-0.2, -0.15) is 0 Å². The van der Waals surface area contributed by atoms with Crippen LogP contribution in [0.1, 0.15) is 33.3 Å². The number of halogens is 1. The summed E-state index contributed by atoms with van der Waals surface area (Å²) in [5, 5.41) is 3.35. The number of carbonyl (C=O) groups excluding carboxylic acids is 1. The Morgan fingerprint density at radius 1 is 1.31 bits per heavy atom. The number of hydrogen-bond acceptors (Lipinski definition) is 5. The molecule has 0 aliphatic carbocycles. The second-order valence-corrected chi connectivity index (χ2v) is 8.38. The maximum atomic E-state index is 14.8. The number of guanidine groups is 1. The molecule has 1 saturated heterocycles. The standard InChI is InChI=1S/C19H27FN4O2/c1-17(2)15(25)24(5)16(21)23-19(17,4)13-8-12(6-7-14(13)20)22-9-18(3)10-26-11-18/h6-8,22H,9-11H2,1-5H3,(H2,21,23). The molecule has 7 heteroatoms. The van der Waals surface area contributed by atoms with Gasteiger partial charge in [0.2, 0.25) is 5.91 Å². The summed E-state index contributed by atoms with van der Waals surface area (Å²) in [6, 6.07) is 4.84. The van der Waals surface area contributed by atoms with Gasteiger partial charge in [0, 0.05) is 30.3 Å². The molecule has 2 heterocycles. The second kappa shape index (κ2) is 5.94. The fourth-order valence-corrected chi connectivity index (χ4v) is 3.45. The van der Waals surface area contributed by atoms with Crippen LogP contribution in [0.15, 0.2) is 23.2 Å². The van der Waals surface area contributed by atoms with E-state index < -0.39 is 16.8 Å². The van der Waals surface area contributed by atoms with Gasteiger partial charge in [-0.05, 0) is 39.0 Å². The van der Waals surface area contributed by atoms with Crippen molar-refractivity contribution in [3.63, 3.8) is 0 Å². The molecule has 0 bridgehead atoms. The number of hydrogen-bond donors (Lipinski definition) is 2. The largest absolute Gasteiger partial charge is 0.384 e. The van der Waals surface area contributed by atoms with Gasteiger partial charge in [-0.15, -0.1) is 0 Å². The molecule has 0 spiro atoms. The third-order valence-electron chi connectivity index (χ3n) is 5.85. The van der Waals surface area contributed by atoms with Crippen LogP contribution < -0.4 is 11.1 Å². The Bertz CT molecular complexity index is 773. The number of anilines is 1. The van der Waals surface area contributed by atoms with E-state index in [4.69, 9.17) is 10.5 Å². The topological polar surface area (TPSA) is 80.0 Å². The zero-order valence-electron chi connectivity index (χ0n) is 16.0. The summed E-state index contributed by atoms with van der Waals surface area (Å²) in [4.78, 5) is 18.6. The predicted molar refractivity (Wildman–Crippen MR) is 99.3 cm³/mol. The third kappa shape index (κ3) is 2.74. The van der Waals surface area contributed by atoms with Crippen LogP contribution in [0.5, 0.6) is 0 Å². The van der Waals surface area contributed by atoms with Crippen LogP contribution in [-0.4, -0.2) is 43.6 Å². The Kier molecular flexibility index (Phi) is 4.26. The van der Waals surface area contributed by atoms with E-state index in [1.165, 1.54) is 11.0 Å². The summed E-state index contributed by atoms with van der Waals surface area (Å²) in [6.07, 6.45) is 0. The van der Waals surface area contributed by atoms with E-state index in [-0.39, 0.29) is 17.3 Å². The number of nitrogens with two attached hydrogens (primary N) is 1. The number of carbonyl (C=O) groups is 1. The first-order valence-corrected chi connectivity index (χ1v) is 8.75. The fraction of sp³-hybridized carbons (Fsp3) is 0.579. The lowest BCUT2D eigenvalue weighted by Gasteiger charge is -2.46. The maximum absolute atomic E-state index is 14.8. The highest BCUT2D eigenvalue weighted by Gasteiger charge is 2.53. The summed E-state index contributed by atoms with van der Waals surface area (Å²) in [7, 11) is 1.58. The van der Waals surface area contributed by atoms with Gasteiger partial charge in [0.1, 0.15) is 11.4 Å². The van der Waals surface area contributed by atoms with Crippen LogP contribution in [0.25, 0.3) is 0 Å². The summed E-state index contributed by atoms with van der Waals surface area (Å²) in [6.45, 7) is 9.58. The average Bonchev–Trinajstić information content (AvgIpc) is 2.56. The maximum Gasteiger partial charge on any atom is 0.237 e. The molecule has 1 aromatic rings. The lowest BCUT2D eigenvalue weighted by Crippen LogP contribution is -2.58. The molecule has 26 heavy (non-hydrogen) atoms. The summed E-state index contributed by atoms with van der Waals surface area (Å²) >= 11 is 0.